The molecule has 0 unspecified atom stereocenters. The molecule has 0 spiro atoms. The summed E-state index contributed by atoms with van der Waals surface area (Å²) in [6.07, 6.45) is 2.58. The molecule has 0 bridgehead atoms. The number of piperidine rings is 1. The van der Waals surface area contributed by atoms with Gasteiger partial charge in [-0.05, 0) is 59.8 Å². The summed E-state index contributed by atoms with van der Waals surface area (Å²) in [4.78, 5) is 0. The van der Waals surface area contributed by atoms with E-state index in [2.05, 4.69) is 64.6 Å². The van der Waals surface area contributed by atoms with Crippen LogP contribution in [0.25, 0.3) is 10.8 Å². The molecule has 1 N–H and O–H groups in total. The van der Waals surface area contributed by atoms with Gasteiger partial charge in [0, 0.05) is 10.5 Å². The normalized spacial score (nSPS) is 21.9. The molecule has 1 aliphatic heterocycles. The van der Waals surface area contributed by atoms with E-state index in [1.807, 2.05) is 0 Å². The number of hydrogen-bond acceptors (Lipinski definition) is 1. The van der Waals surface area contributed by atoms with Crippen molar-refractivity contribution < 1.29 is 29.6 Å². The van der Waals surface area contributed by atoms with E-state index in [4.69, 9.17) is 0 Å². The van der Waals surface area contributed by atoms with E-state index in [0.29, 0.717) is 6.04 Å². The number of nitrogens with one attached hydrogen (secondary N) is 1. The van der Waals surface area contributed by atoms with Gasteiger partial charge in [-0.25, -0.2) is 0 Å². The summed E-state index contributed by atoms with van der Waals surface area (Å²) in [6.45, 7) is 3.46. The third-order valence-corrected chi connectivity index (χ3v) is 4.38. The molecule has 1 heterocycles. The van der Waals surface area contributed by atoms with Gasteiger partial charge in [0.1, 0.15) is 0 Å². The Kier molecular flexibility index (Phi) is 7.30. The standard InChI is InChI=1S/C16H18BrN.BH4.Na/c1-11-2-7-16(18-10-11)13-4-3-12-5-6-15(17)9-14(12)8-13;;/h3-6,8-9,11,16,18H,2,7,10H2,1H3;1H4;/q;-1;+1/t11-,16+;;/m0../s1. The van der Waals surface area contributed by atoms with E-state index in [0.717, 1.165) is 16.9 Å². The Hall–Kier alpha value is 0.205. The first-order valence-electron chi connectivity index (χ1n) is 6.65. The summed E-state index contributed by atoms with van der Waals surface area (Å²) < 4.78 is 1.15. The van der Waals surface area contributed by atoms with Crippen LogP contribution in [-0.2, 0) is 0 Å². The van der Waals surface area contributed by atoms with Crippen LogP contribution in [0.5, 0.6) is 0 Å². The van der Waals surface area contributed by atoms with Crippen LogP contribution in [-0.4, -0.2) is 15.0 Å². The molecule has 3 rings (SSSR count). The zero-order valence-corrected chi connectivity index (χ0v) is 15.2. The zero-order chi connectivity index (χ0) is 12.5. The molecule has 2 aromatic rings. The van der Waals surface area contributed by atoms with E-state index in [9.17, 15) is 0 Å². The fourth-order valence-corrected chi connectivity index (χ4v) is 3.11. The van der Waals surface area contributed by atoms with Gasteiger partial charge in [0.15, 0.2) is 0 Å². The van der Waals surface area contributed by atoms with Crippen molar-refractivity contribution in [3.8, 4) is 0 Å². The van der Waals surface area contributed by atoms with Crippen LogP contribution in [0, 0.1) is 5.92 Å². The Morgan fingerprint density at radius 3 is 2.50 bits per heavy atom. The maximum absolute atomic E-state index is 3.65. The maximum atomic E-state index is 3.65. The van der Waals surface area contributed by atoms with E-state index in [-0.39, 0.29) is 38.0 Å². The van der Waals surface area contributed by atoms with Gasteiger partial charge < -0.3 is 5.32 Å². The summed E-state index contributed by atoms with van der Waals surface area (Å²) in [5.41, 5.74) is 1.42. The molecule has 2 aromatic carbocycles. The van der Waals surface area contributed by atoms with Gasteiger partial charge in [0.05, 0.1) is 0 Å². The Labute approximate surface area is 153 Å². The molecule has 1 fully saturated rings. The molecule has 0 aromatic heterocycles. The molecule has 4 heteroatoms. The zero-order valence-electron chi connectivity index (χ0n) is 11.6. The van der Waals surface area contributed by atoms with Crippen LogP contribution in [0.1, 0.15) is 31.4 Å². The van der Waals surface area contributed by atoms with Crippen molar-refractivity contribution in [3.63, 3.8) is 0 Å². The van der Waals surface area contributed by atoms with Crippen molar-refractivity contribution in [1.82, 2.24) is 5.32 Å². The summed E-state index contributed by atoms with van der Waals surface area (Å²) >= 11 is 3.55. The van der Waals surface area contributed by atoms with Gasteiger partial charge in [-0.2, -0.15) is 0 Å². The average Bonchev–Trinajstić information content (AvgIpc) is 2.38. The SMILES string of the molecule is C[C@H]1CC[C@H](c2ccc3ccc(Br)cc3c2)NC1.[BH4-].[Na+]. The van der Waals surface area contributed by atoms with Gasteiger partial charge in [0.2, 0.25) is 0 Å². The topological polar surface area (TPSA) is 12.0 Å². The van der Waals surface area contributed by atoms with Gasteiger partial charge in [-0.3, -0.25) is 0 Å². The second kappa shape index (κ2) is 8.00. The minimum absolute atomic E-state index is 0. The number of benzene rings is 2. The molecular weight excluding hydrogens is 320 g/mol. The van der Waals surface area contributed by atoms with Gasteiger partial charge in [-0.15, -0.1) is 0 Å². The summed E-state index contributed by atoms with van der Waals surface area (Å²) in [7, 11) is 0. The molecule has 0 aliphatic carbocycles. The quantitative estimate of drug-likeness (QED) is 0.731. The van der Waals surface area contributed by atoms with Crippen LogP contribution >= 0.6 is 15.9 Å². The van der Waals surface area contributed by atoms with Crippen molar-refractivity contribution in [2.24, 2.45) is 5.92 Å². The van der Waals surface area contributed by atoms with Crippen molar-refractivity contribution in [1.29, 1.82) is 0 Å². The van der Waals surface area contributed by atoms with E-state index in [1.165, 1.54) is 29.2 Å². The smallest absolute Gasteiger partial charge is 0.310 e. The van der Waals surface area contributed by atoms with Gasteiger partial charge in [0.25, 0.3) is 0 Å². The third-order valence-electron chi connectivity index (χ3n) is 3.89. The van der Waals surface area contributed by atoms with Crippen LogP contribution in [0.15, 0.2) is 40.9 Å². The second-order valence-electron chi connectivity index (χ2n) is 5.39. The minimum atomic E-state index is 0. The molecule has 1 aliphatic rings. The third kappa shape index (κ3) is 4.11. The Balaban J connectivity index is 0.000001000. The number of halogens is 1. The van der Waals surface area contributed by atoms with Crippen molar-refractivity contribution in [3.05, 3.63) is 46.4 Å². The first-order chi connectivity index (χ1) is 8.72. The van der Waals surface area contributed by atoms with Crippen LogP contribution in [0.4, 0.5) is 0 Å². The van der Waals surface area contributed by atoms with E-state index in [1.54, 1.807) is 0 Å². The van der Waals surface area contributed by atoms with Crippen LogP contribution < -0.4 is 34.9 Å². The predicted octanol–water partition coefficient (Wildman–Crippen LogP) is 0.215. The number of fused-ring (bicyclic) bond motifs is 1. The Bertz CT molecular complexity index is 567. The summed E-state index contributed by atoms with van der Waals surface area (Å²) in [5, 5.41) is 6.29. The van der Waals surface area contributed by atoms with Gasteiger partial charge >= 0.3 is 29.6 Å². The summed E-state index contributed by atoms with van der Waals surface area (Å²) in [5.74, 6) is 0.816. The minimum Gasteiger partial charge on any atom is -0.310 e. The molecular formula is C16H22BBrNNa. The number of hydrogen-bond donors (Lipinski definition) is 1. The van der Waals surface area contributed by atoms with Crippen molar-refractivity contribution >= 4 is 35.1 Å². The molecule has 1 nitrogen and oxygen atoms in total. The van der Waals surface area contributed by atoms with Crippen LogP contribution in [0.3, 0.4) is 0 Å². The summed E-state index contributed by atoms with van der Waals surface area (Å²) in [6, 6.07) is 13.8. The first kappa shape index (κ1) is 18.3. The fraction of sp³-hybridized carbons (Fsp3) is 0.375. The predicted molar refractivity (Wildman–Crippen MR) is 92.1 cm³/mol. The molecule has 102 valence electrons. The monoisotopic (exact) mass is 341 g/mol. The molecule has 2 atom stereocenters. The molecule has 0 amide bonds. The Morgan fingerprint density at radius 1 is 1.05 bits per heavy atom. The number of rotatable bonds is 1. The maximum Gasteiger partial charge on any atom is 1.00 e. The molecule has 20 heavy (non-hydrogen) atoms. The van der Waals surface area contributed by atoms with Crippen molar-refractivity contribution in [2.45, 2.75) is 25.8 Å². The van der Waals surface area contributed by atoms with Crippen molar-refractivity contribution in [2.75, 3.05) is 6.54 Å². The molecule has 0 saturated carbocycles. The molecule has 0 radical (unpaired) electrons. The van der Waals surface area contributed by atoms with E-state index < -0.39 is 0 Å². The first-order valence-corrected chi connectivity index (χ1v) is 7.44. The Morgan fingerprint density at radius 2 is 1.80 bits per heavy atom. The average molecular weight is 342 g/mol. The molecule has 1 saturated heterocycles. The van der Waals surface area contributed by atoms with Crippen LogP contribution in [0.2, 0.25) is 0 Å². The second-order valence-corrected chi connectivity index (χ2v) is 6.31. The largest absolute Gasteiger partial charge is 1.00 e. The van der Waals surface area contributed by atoms with E-state index >= 15 is 0 Å². The van der Waals surface area contributed by atoms with Gasteiger partial charge in [-0.1, -0.05) is 49.5 Å². The fourth-order valence-electron chi connectivity index (χ4n) is 2.74.